The number of nitrogens with one attached hydrogen (secondary N) is 1. The van der Waals surface area contributed by atoms with Crippen molar-refractivity contribution < 1.29 is 24.3 Å². The molecule has 3 atom stereocenters. The molecule has 0 aromatic carbocycles. The van der Waals surface area contributed by atoms with Crippen molar-refractivity contribution in [2.24, 2.45) is 5.92 Å². The maximum atomic E-state index is 11.0. The first-order valence-corrected chi connectivity index (χ1v) is 6.58. The molecule has 0 saturated carbocycles. The second-order valence-corrected chi connectivity index (χ2v) is 5.37. The van der Waals surface area contributed by atoms with Gasteiger partial charge in [0.2, 0.25) is 0 Å². The number of carboxylic acid groups (broad SMARTS) is 1. The molecule has 94 valence electrons. The van der Waals surface area contributed by atoms with Crippen LogP contribution < -0.4 is 5.32 Å². The molecular weight excluding hydrogens is 233 g/mol. The van der Waals surface area contributed by atoms with Crippen LogP contribution in [0.5, 0.6) is 0 Å². The largest absolute Gasteiger partial charge is 0.480 e. The van der Waals surface area contributed by atoms with Crippen LogP contribution in [-0.4, -0.2) is 32.7 Å². The second-order valence-electron chi connectivity index (χ2n) is 3.64. The monoisotopic (exact) mass is 251 g/mol. The fourth-order valence-corrected chi connectivity index (χ4v) is 1.83. The molecule has 0 aromatic heterocycles. The van der Waals surface area contributed by atoms with Crippen LogP contribution in [0.3, 0.4) is 0 Å². The van der Waals surface area contributed by atoms with Crippen molar-refractivity contribution in [2.75, 3.05) is 0 Å². The van der Waals surface area contributed by atoms with Crippen molar-refractivity contribution in [3.05, 3.63) is 12.7 Å². The molecule has 0 fully saturated rings. The van der Waals surface area contributed by atoms with Gasteiger partial charge in [-0.25, -0.2) is 0 Å². The van der Waals surface area contributed by atoms with Gasteiger partial charge in [-0.2, -0.15) is 0 Å². The maximum Gasteiger partial charge on any atom is 0.346 e. The Morgan fingerprint density at radius 3 is 2.31 bits per heavy atom. The number of carboxylic acids is 1. The summed E-state index contributed by atoms with van der Waals surface area (Å²) in [6.07, 6.45) is 1.62. The van der Waals surface area contributed by atoms with Crippen LogP contribution in [-0.2, 0) is 9.36 Å². The van der Waals surface area contributed by atoms with E-state index < -0.39 is 25.4 Å². The van der Waals surface area contributed by atoms with Gasteiger partial charge in [0.1, 0.15) is 11.8 Å². The van der Waals surface area contributed by atoms with E-state index in [-0.39, 0.29) is 5.92 Å². The minimum atomic E-state index is -4.41. The summed E-state index contributed by atoms with van der Waals surface area (Å²) in [5, 5.41) is 11.3. The van der Waals surface area contributed by atoms with Gasteiger partial charge in [-0.15, -0.1) is 6.58 Å². The predicted octanol–water partition coefficient (Wildman–Crippen LogP) is 0.765. The SMILES string of the molecule is C=CC(N[C@H](C(=O)O)[C@@H](C)CC)P(=O)(O)O. The number of hydrogen-bond acceptors (Lipinski definition) is 3. The molecular formula is C9H18NO5P. The van der Waals surface area contributed by atoms with E-state index in [0.29, 0.717) is 6.42 Å². The van der Waals surface area contributed by atoms with Crippen molar-refractivity contribution in [1.82, 2.24) is 5.32 Å². The van der Waals surface area contributed by atoms with Crippen molar-refractivity contribution in [3.8, 4) is 0 Å². The summed E-state index contributed by atoms with van der Waals surface area (Å²) >= 11 is 0. The fraction of sp³-hybridized carbons (Fsp3) is 0.667. The summed E-state index contributed by atoms with van der Waals surface area (Å²) in [6, 6.07) is -0.999. The second kappa shape index (κ2) is 6.15. The lowest BCUT2D eigenvalue weighted by Gasteiger charge is -2.25. The lowest BCUT2D eigenvalue weighted by molar-refractivity contribution is -0.140. The first-order valence-electron chi connectivity index (χ1n) is 4.90. The highest BCUT2D eigenvalue weighted by molar-refractivity contribution is 7.52. The third-order valence-corrected chi connectivity index (χ3v) is 3.50. The predicted molar refractivity (Wildman–Crippen MR) is 60.0 cm³/mol. The highest BCUT2D eigenvalue weighted by Crippen LogP contribution is 2.40. The zero-order chi connectivity index (χ0) is 12.9. The third-order valence-electron chi connectivity index (χ3n) is 2.41. The lowest BCUT2D eigenvalue weighted by atomic mass is 9.99. The van der Waals surface area contributed by atoms with E-state index in [1.807, 2.05) is 6.92 Å². The van der Waals surface area contributed by atoms with Crippen molar-refractivity contribution in [3.63, 3.8) is 0 Å². The van der Waals surface area contributed by atoms with Gasteiger partial charge in [-0.1, -0.05) is 26.3 Å². The molecule has 0 aromatic rings. The van der Waals surface area contributed by atoms with E-state index in [9.17, 15) is 9.36 Å². The summed E-state index contributed by atoms with van der Waals surface area (Å²) in [5.74, 6) is -2.69. The van der Waals surface area contributed by atoms with Crippen molar-refractivity contribution >= 4 is 13.6 Å². The minimum absolute atomic E-state index is 0.230. The van der Waals surface area contributed by atoms with Crippen molar-refractivity contribution in [2.45, 2.75) is 32.1 Å². The molecule has 0 bridgehead atoms. The summed E-state index contributed by atoms with van der Waals surface area (Å²) in [4.78, 5) is 28.8. The third kappa shape index (κ3) is 4.45. The Morgan fingerprint density at radius 2 is 2.06 bits per heavy atom. The first-order chi connectivity index (χ1) is 7.23. The Kier molecular flexibility index (Phi) is 5.89. The van der Waals surface area contributed by atoms with Crippen molar-refractivity contribution in [1.29, 1.82) is 0 Å². The summed E-state index contributed by atoms with van der Waals surface area (Å²) in [7, 11) is -4.41. The number of carbonyl (C=O) groups is 1. The van der Waals surface area contributed by atoms with E-state index in [4.69, 9.17) is 14.9 Å². The Hall–Kier alpha value is -0.680. The Bertz CT molecular complexity index is 300. The Labute approximate surface area is 94.5 Å². The van der Waals surface area contributed by atoms with Gasteiger partial charge in [-0.3, -0.25) is 14.7 Å². The summed E-state index contributed by atoms with van der Waals surface area (Å²) in [5.41, 5.74) is 0. The molecule has 16 heavy (non-hydrogen) atoms. The molecule has 0 radical (unpaired) electrons. The van der Waals surface area contributed by atoms with E-state index in [0.717, 1.165) is 6.08 Å². The Morgan fingerprint density at radius 1 is 1.56 bits per heavy atom. The van der Waals surface area contributed by atoms with Crippen LogP contribution in [0.15, 0.2) is 12.7 Å². The van der Waals surface area contributed by atoms with E-state index in [1.165, 1.54) is 0 Å². The van der Waals surface area contributed by atoms with Gasteiger partial charge in [0.05, 0.1) is 0 Å². The van der Waals surface area contributed by atoms with Gasteiger partial charge in [0.25, 0.3) is 0 Å². The van der Waals surface area contributed by atoms with E-state index in [1.54, 1.807) is 6.92 Å². The zero-order valence-electron chi connectivity index (χ0n) is 9.33. The van der Waals surface area contributed by atoms with Crippen LogP contribution >= 0.6 is 7.60 Å². The minimum Gasteiger partial charge on any atom is -0.480 e. The Balaban J connectivity index is 4.80. The first kappa shape index (κ1) is 15.3. The zero-order valence-corrected chi connectivity index (χ0v) is 10.2. The van der Waals surface area contributed by atoms with Gasteiger partial charge in [-0.05, 0) is 5.92 Å². The van der Waals surface area contributed by atoms with Crippen LogP contribution in [0.25, 0.3) is 0 Å². The van der Waals surface area contributed by atoms with Crippen LogP contribution in [0.1, 0.15) is 20.3 Å². The normalized spacial score (nSPS) is 17.5. The molecule has 4 N–H and O–H groups in total. The van der Waals surface area contributed by atoms with Gasteiger partial charge >= 0.3 is 13.6 Å². The average molecular weight is 251 g/mol. The van der Waals surface area contributed by atoms with Crippen LogP contribution in [0.4, 0.5) is 0 Å². The number of aliphatic carboxylic acids is 1. The standard InChI is InChI=1S/C9H18NO5P/c1-4-6(3)8(9(11)12)10-7(5-2)16(13,14)15/h5-8,10H,2,4H2,1,3H3,(H,11,12)(H2,13,14,15)/t6-,7?,8-/m0/s1. The molecule has 0 aliphatic rings. The quantitative estimate of drug-likeness (QED) is 0.393. The van der Waals surface area contributed by atoms with E-state index >= 15 is 0 Å². The molecule has 0 aliphatic heterocycles. The van der Waals surface area contributed by atoms with Crippen LogP contribution in [0.2, 0.25) is 0 Å². The molecule has 7 heteroatoms. The lowest BCUT2D eigenvalue weighted by Crippen LogP contribution is -2.46. The highest BCUT2D eigenvalue weighted by atomic mass is 31.2. The molecule has 0 saturated heterocycles. The highest BCUT2D eigenvalue weighted by Gasteiger charge is 2.32. The van der Waals surface area contributed by atoms with Gasteiger partial charge < -0.3 is 14.9 Å². The van der Waals surface area contributed by atoms with Crippen LogP contribution in [0, 0.1) is 5.92 Å². The number of rotatable bonds is 7. The molecule has 6 nitrogen and oxygen atoms in total. The maximum absolute atomic E-state index is 11.0. The van der Waals surface area contributed by atoms with E-state index in [2.05, 4.69) is 11.9 Å². The topological polar surface area (TPSA) is 107 Å². The van der Waals surface area contributed by atoms with Gasteiger partial charge in [0.15, 0.2) is 0 Å². The number of hydrogen-bond donors (Lipinski definition) is 4. The molecule has 0 heterocycles. The molecule has 0 amide bonds. The smallest absolute Gasteiger partial charge is 0.346 e. The molecule has 0 aliphatic carbocycles. The average Bonchev–Trinajstić information content (AvgIpc) is 2.15. The molecule has 0 rings (SSSR count). The molecule has 0 spiro atoms. The van der Waals surface area contributed by atoms with Gasteiger partial charge in [0, 0.05) is 0 Å². The molecule has 1 unspecified atom stereocenters. The summed E-state index contributed by atoms with van der Waals surface area (Å²) < 4.78 is 11.0. The fourth-order valence-electron chi connectivity index (χ4n) is 1.20. The summed E-state index contributed by atoms with van der Waals surface area (Å²) in [6.45, 7) is 6.79.